The van der Waals surface area contributed by atoms with E-state index in [-0.39, 0.29) is 28.2 Å². The van der Waals surface area contributed by atoms with Gasteiger partial charge in [-0.1, -0.05) is 19.1 Å². The van der Waals surface area contributed by atoms with Crippen molar-refractivity contribution >= 4 is 17.3 Å². The Morgan fingerprint density at radius 3 is 2.54 bits per heavy atom. The maximum atomic E-state index is 12.9. The summed E-state index contributed by atoms with van der Waals surface area (Å²) in [6.45, 7) is 4.32. The smallest absolute Gasteiger partial charge is 0.382 e. The predicted molar refractivity (Wildman–Crippen MR) is 102 cm³/mol. The van der Waals surface area contributed by atoms with E-state index < -0.39 is 11.7 Å². The standard InChI is InChI=1S/C19H23F3N6/c1-18(11-23)5-7-28(8-6-18)14-10-26-16(17(25)27-14)15(24)12-3-2-4-13(9-12)19(20,21)22/h2-4,9-10,24H,5-8,11,23H2,1H3,(H2,25,27). The summed E-state index contributed by atoms with van der Waals surface area (Å²) in [6, 6.07) is 4.55. The third-order valence-electron chi connectivity index (χ3n) is 5.29. The molecule has 0 unspecified atom stereocenters. The number of alkyl halides is 3. The molecule has 0 atom stereocenters. The molecule has 28 heavy (non-hydrogen) atoms. The van der Waals surface area contributed by atoms with Gasteiger partial charge in [0, 0.05) is 18.7 Å². The molecule has 1 aliphatic heterocycles. The summed E-state index contributed by atoms with van der Waals surface area (Å²) in [7, 11) is 0. The highest BCUT2D eigenvalue weighted by molar-refractivity contribution is 6.12. The Labute approximate surface area is 161 Å². The molecule has 5 N–H and O–H groups in total. The summed E-state index contributed by atoms with van der Waals surface area (Å²) in [5, 5.41) is 8.23. The average Bonchev–Trinajstić information content (AvgIpc) is 2.67. The maximum Gasteiger partial charge on any atom is 0.416 e. The van der Waals surface area contributed by atoms with Crippen LogP contribution < -0.4 is 16.4 Å². The van der Waals surface area contributed by atoms with E-state index in [1.165, 1.54) is 18.3 Å². The Bertz CT molecular complexity index is 872. The van der Waals surface area contributed by atoms with Gasteiger partial charge in [0.25, 0.3) is 0 Å². The molecule has 3 rings (SSSR count). The van der Waals surface area contributed by atoms with Crippen LogP contribution in [0.3, 0.4) is 0 Å². The molecule has 9 heteroatoms. The van der Waals surface area contributed by atoms with Crippen molar-refractivity contribution in [3.05, 3.63) is 47.3 Å². The molecule has 1 aromatic heterocycles. The molecule has 0 saturated carbocycles. The highest BCUT2D eigenvalue weighted by Gasteiger charge is 2.31. The van der Waals surface area contributed by atoms with Crippen molar-refractivity contribution in [3.8, 4) is 0 Å². The first kappa shape index (κ1) is 20.1. The van der Waals surface area contributed by atoms with Crippen molar-refractivity contribution < 1.29 is 13.2 Å². The van der Waals surface area contributed by atoms with Crippen LogP contribution in [0.4, 0.5) is 24.8 Å². The molecular formula is C19H23F3N6. The first-order valence-electron chi connectivity index (χ1n) is 8.97. The largest absolute Gasteiger partial charge is 0.416 e. The van der Waals surface area contributed by atoms with E-state index >= 15 is 0 Å². The topological polar surface area (TPSA) is 105 Å². The molecule has 0 aliphatic carbocycles. The average molecular weight is 392 g/mol. The van der Waals surface area contributed by atoms with Crippen LogP contribution in [-0.4, -0.2) is 35.3 Å². The van der Waals surface area contributed by atoms with Gasteiger partial charge < -0.3 is 16.4 Å². The molecule has 0 bridgehead atoms. The zero-order chi connectivity index (χ0) is 20.5. The number of halogens is 3. The van der Waals surface area contributed by atoms with Crippen molar-refractivity contribution in [2.45, 2.75) is 25.9 Å². The second-order valence-electron chi connectivity index (χ2n) is 7.42. The predicted octanol–water partition coefficient (Wildman–Crippen LogP) is 3.06. The maximum absolute atomic E-state index is 12.9. The first-order valence-corrected chi connectivity index (χ1v) is 8.97. The van der Waals surface area contributed by atoms with E-state index in [0.717, 1.165) is 38.1 Å². The third-order valence-corrected chi connectivity index (χ3v) is 5.29. The lowest BCUT2D eigenvalue weighted by atomic mass is 9.80. The van der Waals surface area contributed by atoms with Gasteiger partial charge in [0.05, 0.1) is 17.5 Å². The summed E-state index contributed by atoms with van der Waals surface area (Å²) in [5.74, 6) is 0.615. The molecule has 0 amide bonds. The van der Waals surface area contributed by atoms with Gasteiger partial charge in [0.2, 0.25) is 0 Å². The second kappa shape index (κ2) is 7.38. The molecule has 1 saturated heterocycles. The zero-order valence-electron chi connectivity index (χ0n) is 15.6. The minimum absolute atomic E-state index is 0.0204. The number of nitrogen functional groups attached to an aromatic ring is 1. The van der Waals surface area contributed by atoms with Gasteiger partial charge in [-0.15, -0.1) is 0 Å². The Hall–Kier alpha value is -2.68. The van der Waals surface area contributed by atoms with E-state index in [2.05, 4.69) is 21.8 Å². The molecule has 1 aliphatic rings. The number of nitrogens with zero attached hydrogens (tertiary/aromatic N) is 3. The van der Waals surface area contributed by atoms with Crippen LogP contribution in [0, 0.1) is 10.8 Å². The van der Waals surface area contributed by atoms with Crippen molar-refractivity contribution in [2.75, 3.05) is 30.3 Å². The highest BCUT2D eigenvalue weighted by atomic mass is 19.4. The quantitative estimate of drug-likeness (QED) is 0.694. The number of anilines is 2. The van der Waals surface area contributed by atoms with E-state index in [1.54, 1.807) is 0 Å². The molecule has 1 aromatic carbocycles. The fourth-order valence-electron chi connectivity index (χ4n) is 3.21. The van der Waals surface area contributed by atoms with Gasteiger partial charge in [-0.3, -0.25) is 5.41 Å². The lowest BCUT2D eigenvalue weighted by Gasteiger charge is -2.39. The van der Waals surface area contributed by atoms with E-state index in [9.17, 15) is 13.2 Å². The summed E-state index contributed by atoms with van der Waals surface area (Å²) in [6.07, 6.45) is -1.12. The Morgan fingerprint density at radius 2 is 1.96 bits per heavy atom. The third kappa shape index (κ3) is 4.09. The normalized spacial score (nSPS) is 16.8. The molecule has 2 aromatic rings. The van der Waals surface area contributed by atoms with Crippen LogP contribution in [0.25, 0.3) is 0 Å². The molecule has 2 heterocycles. The van der Waals surface area contributed by atoms with Crippen molar-refractivity contribution in [1.82, 2.24) is 9.97 Å². The number of hydrogen-bond donors (Lipinski definition) is 3. The summed E-state index contributed by atoms with van der Waals surface area (Å²) >= 11 is 0. The van der Waals surface area contributed by atoms with Gasteiger partial charge in [-0.2, -0.15) is 13.2 Å². The van der Waals surface area contributed by atoms with Gasteiger partial charge in [-0.25, -0.2) is 9.97 Å². The van der Waals surface area contributed by atoms with Gasteiger partial charge in [-0.05, 0) is 36.9 Å². The first-order chi connectivity index (χ1) is 13.1. The minimum atomic E-state index is -4.48. The number of hydrogen-bond acceptors (Lipinski definition) is 6. The number of piperidine rings is 1. The van der Waals surface area contributed by atoms with Gasteiger partial charge in [0.1, 0.15) is 11.5 Å². The van der Waals surface area contributed by atoms with Crippen LogP contribution in [0.1, 0.15) is 36.6 Å². The van der Waals surface area contributed by atoms with Crippen LogP contribution in [-0.2, 0) is 6.18 Å². The fraction of sp³-hybridized carbons (Fsp3) is 0.421. The molecule has 1 fully saturated rings. The SMILES string of the molecule is CC1(CN)CCN(c2cnc(C(=N)c3cccc(C(F)(F)F)c3)c(N)n2)CC1. The lowest BCUT2D eigenvalue weighted by molar-refractivity contribution is -0.137. The van der Waals surface area contributed by atoms with Crippen molar-refractivity contribution in [2.24, 2.45) is 11.1 Å². The second-order valence-corrected chi connectivity index (χ2v) is 7.42. The number of nitrogens with two attached hydrogens (primary N) is 2. The molecule has 6 nitrogen and oxygen atoms in total. The van der Waals surface area contributed by atoms with Gasteiger partial charge >= 0.3 is 6.18 Å². The van der Waals surface area contributed by atoms with Crippen LogP contribution >= 0.6 is 0 Å². The number of benzene rings is 1. The molecule has 0 spiro atoms. The van der Waals surface area contributed by atoms with E-state index in [1.807, 2.05) is 0 Å². The van der Waals surface area contributed by atoms with Crippen molar-refractivity contribution in [3.63, 3.8) is 0 Å². The summed E-state index contributed by atoms with van der Waals surface area (Å²) < 4.78 is 38.7. The zero-order valence-corrected chi connectivity index (χ0v) is 15.6. The Balaban J connectivity index is 1.81. The van der Waals surface area contributed by atoms with Crippen LogP contribution in [0.15, 0.2) is 30.5 Å². The number of aromatic nitrogens is 2. The molecule has 0 radical (unpaired) electrons. The molecule has 150 valence electrons. The van der Waals surface area contributed by atoms with Crippen molar-refractivity contribution in [1.29, 1.82) is 5.41 Å². The van der Waals surface area contributed by atoms with E-state index in [0.29, 0.717) is 12.4 Å². The van der Waals surface area contributed by atoms with Crippen LogP contribution in [0.2, 0.25) is 0 Å². The van der Waals surface area contributed by atoms with E-state index in [4.69, 9.17) is 16.9 Å². The summed E-state index contributed by atoms with van der Waals surface area (Å²) in [4.78, 5) is 10.6. The number of rotatable bonds is 4. The Morgan fingerprint density at radius 1 is 1.29 bits per heavy atom. The van der Waals surface area contributed by atoms with Gasteiger partial charge in [0.15, 0.2) is 5.82 Å². The molecular weight excluding hydrogens is 369 g/mol. The number of nitrogens with one attached hydrogen (secondary N) is 1. The Kier molecular flexibility index (Phi) is 5.29. The van der Waals surface area contributed by atoms with Crippen LogP contribution in [0.5, 0.6) is 0 Å². The minimum Gasteiger partial charge on any atom is -0.382 e. The lowest BCUT2D eigenvalue weighted by Crippen LogP contribution is -2.42. The monoisotopic (exact) mass is 392 g/mol. The summed E-state index contributed by atoms with van der Waals surface area (Å²) in [5.41, 5.74) is 11.1. The highest BCUT2D eigenvalue weighted by Crippen LogP contribution is 2.32. The fourth-order valence-corrected chi connectivity index (χ4v) is 3.21.